The third-order valence-electron chi connectivity index (χ3n) is 3.34. The van der Waals surface area contributed by atoms with Gasteiger partial charge in [0.1, 0.15) is 0 Å². The Morgan fingerprint density at radius 3 is 2.62 bits per heavy atom. The van der Waals surface area contributed by atoms with Crippen LogP contribution in [0.2, 0.25) is 0 Å². The van der Waals surface area contributed by atoms with Crippen LogP contribution >= 0.6 is 0 Å². The van der Waals surface area contributed by atoms with Crippen LogP contribution in [-0.4, -0.2) is 57.8 Å². The topological polar surface area (TPSA) is 67.6 Å². The van der Waals surface area contributed by atoms with E-state index in [2.05, 4.69) is 5.32 Å². The average Bonchev–Trinajstić information content (AvgIpc) is 2.35. The maximum atomic E-state index is 12.3. The minimum absolute atomic E-state index is 0.161. The van der Waals surface area contributed by atoms with Crippen molar-refractivity contribution in [2.75, 3.05) is 46.9 Å². The van der Waals surface area contributed by atoms with Gasteiger partial charge in [-0.05, 0) is 19.9 Å². The number of carbonyl (C=O) groups is 1. The van der Waals surface area contributed by atoms with Gasteiger partial charge in [-0.15, -0.1) is 0 Å². The third kappa shape index (κ3) is 2.93. The summed E-state index contributed by atoms with van der Waals surface area (Å²) >= 11 is 0. The molecule has 0 bridgehead atoms. The summed E-state index contributed by atoms with van der Waals surface area (Å²) in [6, 6.07) is 0. The van der Waals surface area contributed by atoms with Gasteiger partial charge >= 0.3 is 0 Å². The third-order valence-corrected chi connectivity index (χ3v) is 3.34. The monoisotopic (exact) mass is 229 g/mol. The molecule has 5 nitrogen and oxygen atoms in total. The van der Waals surface area contributed by atoms with Crippen LogP contribution in [0, 0.1) is 5.41 Å². The van der Waals surface area contributed by atoms with E-state index >= 15 is 0 Å². The number of likely N-dealkylation sites (N-methyl/N-ethyl adjacent to an activating group) is 2. The first-order valence-electron chi connectivity index (χ1n) is 5.84. The van der Waals surface area contributed by atoms with Crippen molar-refractivity contribution in [1.29, 1.82) is 0 Å². The lowest BCUT2D eigenvalue weighted by atomic mass is 9.79. The van der Waals surface area contributed by atoms with Crippen LogP contribution in [0.4, 0.5) is 0 Å². The summed E-state index contributed by atoms with van der Waals surface area (Å²) in [5.41, 5.74) is 5.40. The van der Waals surface area contributed by atoms with Gasteiger partial charge in [-0.2, -0.15) is 0 Å². The lowest BCUT2D eigenvalue weighted by Gasteiger charge is -2.37. The van der Waals surface area contributed by atoms with Crippen molar-refractivity contribution in [2.24, 2.45) is 11.1 Å². The summed E-state index contributed by atoms with van der Waals surface area (Å²) in [7, 11) is 3.72. The Kier molecular flexibility index (Phi) is 5.18. The van der Waals surface area contributed by atoms with Crippen molar-refractivity contribution in [3.05, 3.63) is 0 Å². The van der Waals surface area contributed by atoms with E-state index < -0.39 is 0 Å². The minimum Gasteiger partial charge on any atom is -0.381 e. The predicted octanol–water partition coefficient (Wildman–Crippen LogP) is -0.580. The standard InChI is InChI=1S/C11H23N3O2/c1-13-5-6-14(2)10(15)11(9-12)3-7-16-8-4-11/h13H,3-9,12H2,1-2H3. The van der Waals surface area contributed by atoms with Crippen molar-refractivity contribution in [2.45, 2.75) is 12.8 Å². The number of hydrogen-bond donors (Lipinski definition) is 2. The molecule has 0 radical (unpaired) electrons. The summed E-state index contributed by atoms with van der Waals surface area (Å²) in [5.74, 6) is 0.161. The molecule has 0 unspecified atom stereocenters. The molecule has 1 amide bonds. The fraction of sp³-hybridized carbons (Fsp3) is 0.909. The van der Waals surface area contributed by atoms with Gasteiger partial charge in [0.15, 0.2) is 0 Å². The highest BCUT2D eigenvalue weighted by molar-refractivity contribution is 5.83. The van der Waals surface area contributed by atoms with Crippen LogP contribution < -0.4 is 11.1 Å². The maximum absolute atomic E-state index is 12.3. The zero-order valence-electron chi connectivity index (χ0n) is 10.3. The Morgan fingerprint density at radius 1 is 1.50 bits per heavy atom. The van der Waals surface area contributed by atoms with Crippen molar-refractivity contribution in [3.63, 3.8) is 0 Å². The molecule has 1 aliphatic rings. The van der Waals surface area contributed by atoms with E-state index in [1.165, 1.54) is 0 Å². The molecule has 1 rings (SSSR count). The number of hydrogen-bond acceptors (Lipinski definition) is 4. The number of amides is 1. The van der Waals surface area contributed by atoms with Gasteiger partial charge in [0, 0.05) is 39.9 Å². The first-order chi connectivity index (χ1) is 7.66. The quantitative estimate of drug-likeness (QED) is 0.662. The summed E-state index contributed by atoms with van der Waals surface area (Å²) in [6.45, 7) is 3.22. The second-order valence-corrected chi connectivity index (χ2v) is 4.43. The Morgan fingerprint density at radius 2 is 2.12 bits per heavy atom. The molecule has 0 spiro atoms. The molecule has 1 fully saturated rings. The Bertz CT molecular complexity index is 227. The van der Waals surface area contributed by atoms with Crippen molar-refractivity contribution in [3.8, 4) is 0 Å². The van der Waals surface area contributed by atoms with Crippen LogP contribution in [-0.2, 0) is 9.53 Å². The van der Waals surface area contributed by atoms with E-state index in [9.17, 15) is 4.79 Å². The number of nitrogens with two attached hydrogens (primary N) is 1. The van der Waals surface area contributed by atoms with E-state index in [-0.39, 0.29) is 11.3 Å². The van der Waals surface area contributed by atoms with E-state index in [0.29, 0.717) is 19.8 Å². The van der Waals surface area contributed by atoms with Crippen molar-refractivity contribution in [1.82, 2.24) is 10.2 Å². The minimum atomic E-state index is -0.388. The van der Waals surface area contributed by atoms with Crippen molar-refractivity contribution < 1.29 is 9.53 Å². The number of carbonyl (C=O) groups excluding carboxylic acids is 1. The lowest BCUT2D eigenvalue weighted by Crippen LogP contribution is -2.50. The van der Waals surface area contributed by atoms with Crippen LogP contribution in [0.25, 0.3) is 0 Å². The van der Waals surface area contributed by atoms with E-state index in [1.807, 2.05) is 14.1 Å². The van der Waals surface area contributed by atoms with Crippen molar-refractivity contribution >= 4 is 5.91 Å². The lowest BCUT2D eigenvalue weighted by molar-refractivity contribution is -0.145. The fourth-order valence-electron chi connectivity index (χ4n) is 2.05. The molecule has 0 aromatic heterocycles. The normalized spacial score (nSPS) is 19.4. The molecular formula is C11H23N3O2. The number of ether oxygens (including phenoxy) is 1. The molecule has 1 aliphatic heterocycles. The van der Waals surface area contributed by atoms with E-state index in [1.54, 1.807) is 4.90 Å². The molecule has 3 N–H and O–H groups in total. The van der Waals surface area contributed by atoms with Gasteiger partial charge in [0.05, 0.1) is 5.41 Å². The van der Waals surface area contributed by atoms with E-state index in [4.69, 9.17) is 10.5 Å². The zero-order valence-corrected chi connectivity index (χ0v) is 10.3. The Balaban J connectivity index is 2.60. The summed E-state index contributed by atoms with van der Waals surface area (Å²) in [6.07, 6.45) is 1.48. The summed E-state index contributed by atoms with van der Waals surface area (Å²) < 4.78 is 5.30. The van der Waals surface area contributed by atoms with Crippen LogP contribution in [0.3, 0.4) is 0 Å². The molecule has 0 aromatic carbocycles. The highest BCUT2D eigenvalue weighted by Gasteiger charge is 2.40. The molecule has 0 aromatic rings. The molecule has 0 atom stereocenters. The molecule has 5 heteroatoms. The zero-order chi connectivity index (χ0) is 12.0. The van der Waals surface area contributed by atoms with Gasteiger partial charge < -0.3 is 20.7 Å². The average molecular weight is 229 g/mol. The number of nitrogens with zero attached hydrogens (tertiary/aromatic N) is 1. The van der Waals surface area contributed by atoms with Gasteiger partial charge in [0.2, 0.25) is 5.91 Å². The smallest absolute Gasteiger partial charge is 0.230 e. The second kappa shape index (κ2) is 6.18. The SMILES string of the molecule is CNCCN(C)C(=O)C1(CN)CCOCC1. The largest absolute Gasteiger partial charge is 0.381 e. The predicted molar refractivity (Wildman–Crippen MR) is 63.1 cm³/mol. The van der Waals surface area contributed by atoms with Gasteiger partial charge in [-0.3, -0.25) is 4.79 Å². The first-order valence-corrected chi connectivity index (χ1v) is 5.84. The fourth-order valence-corrected chi connectivity index (χ4v) is 2.05. The molecule has 1 heterocycles. The number of nitrogens with one attached hydrogen (secondary N) is 1. The molecule has 94 valence electrons. The molecular weight excluding hydrogens is 206 g/mol. The van der Waals surface area contributed by atoms with Crippen LogP contribution in [0.15, 0.2) is 0 Å². The molecule has 16 heavy (non-hydrogen) atoms. The second-order valence-electron chi connectivity index (χ2n) is 4.43. The maximum Gasteiger partial charge on any atom is 0.230 e. The summed E-state index contributed by atoms with van der Waals surface area (Å²) in [4.78, 5) is 14.1. The van der Waals surface area contributed by atoms with Gasteiger partial charge in [-0.1, -0.05) is 0 Å². The van der Waals surface area contributed by atoms with Crippen LogP contribution in [0.1, 0.15) is 12.8 Å². The van der Waals surface area contributed by atoms with E-state index in [0.717, 1.165) is 25.9 Å². The highest BCUT2D eigenvalue weighted by atomic mass is 16.5. The Labute approximate surface area is 97.3 Å². The molecule has 1 saturated heterocycles. The first kappa shape index (κ1) is 13.4. The van der Waals surface area contributed by atoms with Gasteiger partial charge in [-0.25, -0.2) is 0 Å². The highest BCUT2D eigenvalue weighted by Crippen LogP contribution is 2.31. The summed E-state index contributed by atoms with van der Waals surface area (Å²) in [5, 5.41) is 3.04. The van der Waals surface area contributed by atoms with Crippen LogP contribution in [0.5, 0.6) is 0 Å². The molecule has 0 saturated carbocycles. The Hall–Kier alpha value is -0.650. The number of rotatable bonds is 5. The molecule has 0 aliphatic carbocycles. The van der Waals surface area contributed by atoms with Gasteiger partial charge in [0.25, 0.3) is 0 Å².